The van der Waals surface area contributed by atoms with Gasteiger partial charge in [-0.15, -0.1) is 17.9 Å². The van der Waals surface area contributed by atoms with Gasteiger partial charge >= 0.3 is 0 Å². The standard InChI is InChI=1S/C19H20N2O2S/c1-2-6-12-7-5-9-15(22)14(12)11-21-19-17(18(20)23)13-8-3-4-10-16(13)24-19/h2,5,7,9,11,22H,1,3-4,6,8,10H2,(H2,20,23). The van der Waals surface area contributed by atoms with Gasteiger partial charge in [0.15, 0.2) is 0 Å². The molecule has 24 heavy (non-hydrogen) atoms. The highest BCUT2D eigenvalue weighted by Gasteiger charge is 2.23. The monoisotopic (exact) mass is 340 g/mol. The minimum atomic E-state index is -0.426. The van der Waals surface area contributed by atoms with E-state index in [1.807, 2.05) is 6.07 Å². The minimum absolute atomic E-state index is 0.167. The van der Waals surface area contributed by atoms with Gasteiger partial charge in [0.25, 0.3) is 5.91 Å². The molecule has 0 saturated carbocycles. The number of phenolic OH excluding ortho intramolecular Hbond substituents is 1. The number of benzene rings is 1. The third-order valence-electron chi connectivity index (χ3n) is 4.25. The molecule has 0 bridgehead atoms. The summed E-state index contributed by atoms with van der Waals surface area (Å²) in [5, 5.41) is 10.8. The molecular weight excluding hydrogens is 320 g/mol. The van der Waals surface area contributed by atoms with Crippen LogP contribution in [-0.2, 0) is 19.3 Å². The van der Waals surface area contributed by atoms with E-state index in [1.165, 1.54) is 16.2 Å². The Bertz CT molecular complexity index is 821. The number of phenols is 1. The van der Waals surface area contributed by atoms with E-state index < -0.39 is 5.91 Å². The van der Waals surface area contributed by atoms with Crippen molar-refractivity contribution in [2.75, 3.05) is 0 Å². The zero-order valence-corrected chi connectivity index (χ0v) is 14.2. The molecule has 1 aromatic heterocycles. The molecule has 3 N–H and O–H groups in total. The second-order valence-corrected chi connectivity index (χ2v) is 6.94. The van der Waals surface area contributed by atoms with Crippen LogP contribution in [0.25, 0.3) is 0 Å². The topological polar surface area (TPSA) is 75.7 Å². The molecule has 1 aliphatic carbocycles. The van der Waals surface area contributed by atoms with E-state index in [0.717, 1.165) is 36.8 Å². The molecule has 3 rings (SSSR count). The summed E-state index contributed by atoms with van der Waals surface area (Å²) >= 11 is 1.53. The molecule has 0 spiro atoms. The molecule has 0 aliphatic heterocycles. The molecule has 0 saturated heterocycles. The van der Waals surface area contributed by atoms with Crippen LogP contribution in [0, 0.1) is 0 Å². The van der Waals surface area contributed by atoms with Gasteiger partial charge in [-0.05, 0) is 49.3 Å². The van der Waals surface area contributed by atoms with E-state index in [-0.39, 0.29) is 5.75 Å². The average molecular weight is 340 g/mol. The lowest BCUT2D eigenvalue weighted by Crippen LogP contribution is -2.14. The summed E-state index contributed by atoms with van der Waals surface area (Å²) in [6.45, 7) is 3.74. The van der Waals surface area contributed by atoms with E-state index in [0.29, 0.717) is 22.5 Å². The Morgan fingerprint density at radius 2 is 2.17 bits per heavy atom. The van der Waals surface area contributed by atoms with Crippen molar-refractivity contribution in [3.8, 4) is 5.75 Å². The first kappa shape index (κ1) is 16.5. The van der Waals surface area contributed by atoms with Crippen LogP contribution in [0.1, 0.15) is 44.8 Å². The van der Waals surface area contributed by atoms with Crippen LogP contribution in [0.4, 0.5) is 5.00 Å². The molecule has 0 unspecified atom stereocenters. The summed E-state index contributed by atoms with van der Waals surface area (Å²) < 4.78 is 0. The fourth-order valence-corrected chi connectivity index (χ4v) is 4.34. The van der Waals surface area contributed by atoms with Gasteiger partial charge in [-0.3, -0.25) is 4.79 Å². The third-order valence-corrected chi connectivity index (χ3v) is 5.45. The van der Waals surface area contributed by atoms with Crippen molar-refractivity contribution >= 4 is 28.5 Å². The predicted molar refractivity (Wildman–Crippen MR) is 98.7 cm³/mol. The lowest BCUT2D eigenvalue weighted by atomic mass is 9.95. The number of aromatic hydroxyl groups is 1. The molecule has 1 aliphatic rings. The average Bonchev–Trinajstić information content (AvgIpc) is 2.93. The van der Waals surface area contributed by atoms with E-state index >= 15 is 0 Å². The number of primary amides is 1. The first-order chi connectivity index (χ1) is 11.6. The van der Waals surface area contributed by atoms with Gasteiger partial charge in [0.05, 0.1) is 5.56 Å². The zero-order valence-electron chi connectivity index (χ0n) is 13.4. The van der Waals surface area contributed by atoms with Gasteiger partial charge in [-0.25, -0.2) is 4.99 Å². The number of rotatable bonds is 5. The first-order valence-electron chi connectivity index (χ1n) is 8.02. The van der Waals surface area contributed by atoms with Gasteiger partial charge in [0.2, 0.25) is 0 Å². The highest BCUT2D eigenvalue weighted by molar-refractivity contribution is 7.16. The van der Waals surface area contributed by atoms with Crippen LogP contribution in [0.2, 0.25) is 0 Å². The van der Waals surface area contributed by atoms with E-state index in [9.17, 15) is 9.90 Å². The van der Waals surface area contributed by atoms with Crippen molar-refractivity contribution in [2.24, 2.45) is 10.7 Å². The van der Waals surface area contributed by atoms with E-state index in [2.05, 4.69) is 11.6 Å². The predicted octanol–water partition coefficient (Wildman–Crippen LogP) is 3.91. The molecule has 0 radical (unpaired) electrons. The lowest BCUT2D eigenvalue weighted by molar-refractivity contribution is 0.100. The Morgan fingerprint density at radius 1 is 1.38 bits per heavy atom. The summed E-state index contributed by atoms with van der Waals surface area (Å²) in [4.78, 5) is 17.6. The summed E-state index contributed by atoms with van der Waals surface area (Å²) in [6, 6.07) is 5.35. The van der Waals surface area contributed by atoms with Crippen molar-refractivity contribution in [3.05, 3.63) is 58.0 Å². The number of thiophene rings is 1. The van der Waals surface area contributed by atoms with Gasteiger partial charge in [-0.1, -0.05) is 18.2 Å². The SMILES string of the molecule is C=CCc1cccc(O)c1C=Nc1sc2c(c1C(N)=O)CCCC2. The number of hydrogen-bond acceptors (Lipinski definition) is 4. The number of allylic oxidation sites excluding steroid dienone is 1. The third kappa shape index (κ3) is 3.12. The Kier molecular flexibility index (Phi) is 4.81. The summed E-state index contributed by atoms with van der Waals surface area (Å²) in [5.74, 6) is -0.259. The Labute approximate surface area is 145 Å². The van der Waals surface area contributed by atoms with Crippen molar-refractivity contribution < 1.29 is 9.90 Å². The summed E-state index contributed by atoms with van der Waals surface area (Å²) in [7, 11) is 0. The molecule has 0 fully saturated rings. The Morgan fingerprint density at radius 3 is 2.92 bits per heavy atom. The smallest absolute Gasteiger partial charge is 0.252 e. The quantitative estimate of drug-likeness (QED) is 0.639. The van der Waals surface area contributed by atoms with E-state index in [4.69, 9.17) is 5.73 Å². The number of nitrogens with two attached hydrogens (primary N) is 1. The van der Waals surface area contributed by atoms with Gasteiger partial charge in [-0.2, -0.15) is 0 Å². The number of carbonyl (C=O) groups is 1. The Balaban J connectivity index is 2.03. The molecule has 1 heterocycles. The highest BCUT2D eigenvalue weighted by atomic mass is 32.1. The highest BCUT2D eigenvalue weighted by Crippen LogP contribution is 2.39. The van der Waals surface area contributed by atoms with Gasteiger partial charge < -0.3 is 10.8 Å². The number of hydrogen-bond donors (Lipinski definition) is 2. The minimum Gasteiger partial charge on any atom is -0.507 e. The number of nitrogens with zero attached hydrogens (tertiary/aromatic N) is 1. The fourth-order valence-electron chi connectivity index (χ4n) is 3.10. The van der Waals surface area contributed by atoms with Gasteiger partial charge in [0.1, 0.15) is 10.8 Å². The zero-order chi connectivity index (χ0) is 17.1. The van der Waals surface area contributed by atoms with Crippen LogP contribution in [0.15, 0.2) is 35.8 Å². The first-order valence-corrected chi connectivity index (χ1v) is 8.83. The molecule has 2 aromatic rings. The molecule has 1 aromatic carbocycles. The molecule has 1 amide bonds. The fraction of sp³-hybridized carbons (Fsp3) is 0.263. The molecule has 5 heteroatoms. The van der Waals surface area contributed by atoms with Crippen LogP contribution >= 0.6 is 11.3 Å². The number of amides is 1. The number of aliphatic imine (C=N–C) groups is 1. The molecular formula is C19H20N2O2S. The lowest BCUT2D eigenvalue weighted by Gasteiger charge is -2.10. The number of carbonyl (C=O) groups excluding carboxylic acids is 1. The maximum Gasteiger partial charge on any atom is 0.252 e. The van der Waals surface area contributed by atoms with Gasteiger partial charge in [0, 0.05) is 16.7 Å². The molecule has 124 valence electrons. The number of aryl methyl sites for hydroxylation is 1. The summed E-state index contributed by atoms with van der Waals surface area (Å²) in [5.41, 5.74) is 8.80. The summed E-state index contributed by atoms with van der Waals surface area (Å²) in [6.07, 6.45) is 8.13. The Hall–Kier alpha value is -2.40. The second-order valence-electron chi connectivity index (χ2n) is 5.86. The normalized spacial score (nSPS) is 13.8. The van der Waals surface area contributed by atoms with Crippen LogP contribution in [0.3, 0.4) is 0 Å². The second kappa shape index (κ2) is 7.01. The van der Waals surface area contributed by atoms with Crippen LogP contribution in [0.5, 0.6) is 5.75 Å². The number of fused-ring (bicyclic) bond motifs is 1. The molecule has 4 nitrogen and oxygen atoms in total. The van der Waals surface area contributed by atoms with Crippen molar-refractivity contribution in [1.82, 2.24) is 0 Å². The van der Waals surface area contributed by atoms with Crippen LogP contribution in [-0.4, -0.2) is 17.2 Å². The van der Waals surface area contributed by atoms with Crippen molar-refractivity contribution in [1.29, 1.82) is 0 Å². The maximum absolute atomic E-state index is 11.9. The maximum atomic E-state index is 11.9. The van der Waals surface area contributed by atoms with E-state index in [1.54, 1.807) is 24.4 Å². The van der Waals surface area contributed by atoms with Crippen LogP contribution < -0.4 is 5.73 Å². The van der Waals surface area contributed by atoms with Crippen molar-refractivity contribution in [3.63, 3.8) is 0 Å². The molecule has 0 atom stereocenters. The van der Waals surface area contributed by atoms with Crippen molar-refractivity contribution in [2.45, 2.75) is 32.1 Å². The largest absolute Gasteiger partial charge is 0.507 e.